The Labute approximate surface area is 98.6 Å². The van der Waals surface area contributed by atoms with Crippen LogP contribution in [-0.2, 0) is 9.53 Å². The first-order valence-electron chi connectivity index (χ1n) is 5.39. The number of anilines is 1. The number of carbonyl (C=O) groups excluding carboxylic acids is 1. The van der Waals surface area contributed by atoms with Gasteiger partial charge in [-0.25, -0.2) is 0 Å². The summed E-state index contributed by atoms with van der Waals surface area (Å²) in [6.07, 6.45) is 2.24. The lowest BCUT2D eigenvalue weighted by atomic mass is 9.81. The summed E-state index contributed by atoms with van der Waals surface area (Å²) in [6.45, 7) is 2.60. The molecule has 2 heterocycles. The molecule has 0 spiro atoms. The number of ether oxygens (including phenoxy) is 1. The summed E-state index contributed by atoms with van der Waals surface area (Å²) in [6, 6.07) is 2.22. The topological polar surface area (TPSA) is 88.2 Å². The second-order valence-corrected chi connectivity index (χ2v) is 4.05. The van der Waals surface area contributed by atoms with E-state index in [9.17, 15) is 10.1 Å². The van der Waals surface area contributed by atoms with Gasteiger partial charge < -0.3 is 9.15 Å². The highest BCUT2D eigenvalue weighted by Crippen LogP contribution is 2.31. The summed E-state index contributed by atoms with van der Waals surface area (Å²) in [5.41, 5.74) is -0.348. The zero-order valence-electron chi connectivity index (χ0n) is 9.52. The van der Waals surface area contributed by atoms with Gasteiger partial charge in [-0.05, 0) is 19.8 Å². The van der Waals surface area contributed by atoms with Crippen LogP contribution in [-0.4, -0.2) is 24.1 Å². The zero-order valence-corrected chi connectivity index (χ0v) is 9.52. The predicted molar refractivity (Wildman–Crippen MR) is 58.0 cm³/mol. The molecule has 1 saturated heterocycles. The lowest BCUT2D eigenvalue weighted by Gasteiger charge is -2.28. The second kappa shape index (κ2) is 4.55. The van der Waals surface area contributed by atoms with Crippen LogP contribution in [0.2, 0.25) is 0 Å². The van der Waals surface area contributed by atoms with Gasteiger partial charge in [0.05, 0.1) is 11.8 Å². The molecule has 17 heavy (non-hydrogen) atoms. The first kappa shape index (κ1) is 11.6. The molecule has 0 saturated carbocycles. The van der Waals surface area contributed by atoms with Gasteiger partial charge in [0.1, 0.15) is 11.7 Å². The predicted octanol–water partition coefficient (Wildman–Crippen LogP) is 1.24. The molecule has 1 N–H and O–H groups in total. The van der Waals surface area contributed by atoms with Gasteiger partial charge in [-0.1, -0.05) is 0 Å². The molecular formula is C11H13N3O3. The Bertz CT molecular complexity index is 455. The fourth-order valence-electron chi connectivity index (χ4n) is 1.74. The lowest BCUT2D eigenvalue weighted by Crippen LogP contribution is -2.40. The fourth-order valence-corrected chi connectivity index (χ4v) is 1.74. The molecule has 0 aromatic carbocycles. The quantitative estimate of drug-likeness (QED) is 0.833. The molecule has 0 atom stereocenters. The van der Waals surface area contributed by atoms with Crippen molar-refractivity contribution < 1.29 is 13.9 Å². The van der Waals surface area contributed by atoms with E-state index >= 15 is 0 Å². The Hall–Kier alpha value is -1.87. The van der Waals surface area contributed by atoms with Gasteiger partial charge in [0.25, 0.3) is 0 Å². The number of amides is 1. The third-order valence-corrected chi connectivity index (χ3v) is 2.83. The van der Waals surface area contributed by atoms with Gasteiger partial charge in [0, 0.05) is 13.2 Å². The van der Waals surface area contributed by atoms with Gasteiger partial charge in [0.2, 0.25) is 5.91 Å². The van der Waals surface area contributed by atoms with Crippen molar-refractivity contribution in [2.24, 2.45) is 5.41 Å². The summed E-state index contributed by atoms with van der Waals surface area (Å²) in [7, 11) is 0. The highest BCUT2D eigenvalue weighted by atomic mass is 16.5. The summed E-state index contributed by atoms with van der Waals surface area (Å²) in [5.74, 6) is -0.370. The Morgan fingerprint density at radius 1 is 1.59 bits per heavy atom. The lowest BCUT2D eigenvalue weighted by molar-refractivity contribution is -0.127. The molecule has 1 fully saturated rings. The normalized spacial score (nSPS) is 18.4. The summed E-state index contributed by atoms with van der Waals surface area (Å²) >= 11 is 0. The number of hydrogen-bond donors (Lipinski definition) is 1. The largest absolute Gasteiger partial charge is 0.432 e. The van der Waals surface area contributed by atoms with Crippen LogP contribution in [0.1, 0.15) is 18.5 Å². The summed E-state index contributed by atoms with van der Waals surface area (Å²) in [5, 5.41) is 11.7. The maximum absolute atomic E-state index is 12.0. The minimum absolute atomic E-state index is 0.133. The Balaban J connectivity index is 2.10. The van der Waals surface area contributed by atoms with Crippen molar-refractivity contribution in [3.63, 3.8) is 0 Å². The van der Waals surface area contributed by atoms with Crippen molar-refractivity contribution in [3.8, 4) is 6.07 Å². The number of nitrogens with one attached hydrogen (secondary N) is 1. The van der Waals surface area contributed by atoms with Crippen LogP contribution in [0.15, 0.2) is 10.7 Å². The van der Waals surface area contributed by atoms with E-state index in [-0.39, 0.29) is 11.9 Å². The number of nitrogens with zero attached hydrogens (tertiary/aromatic N) is 2. The molecule has 6 nitrogen and oxygen atoms in total. The van der Waals surface area contributed by atoms with E-state index in [4.69, 9.17) is 9.15 Å². The minimum Gasteiger partial charge on any atom is -0.432 e. The Morgan fingerprint density at radius 2 is 2.29 bits per heavy atom. The van der Waals surface area contributed by atoms with Crippen LogP contribution < -0.4 is 5.32 Å². The number of aromatic nitrogens is 1. The van der Waals surface area contributed by atoms with Gasteiger partial charge in [-0.2, -0.15) is 10.2 Å². The molecule has 1 aromatic heterocycles. The third-order valence-electron chi connectivity index (χ3n) is 2.83. The third kappa shape index (κ3) is 2.29. The molecule has 1 aromatic rings. The number of hydrogen-bond acceptors (Lipinski definition) is 5. The number of nitriles is 1. The fraction of sp³-hybridized carbons (Fsp3) is 0.545. The van der Waals surface area contributed by atoms with Crippen LogP contribution in [0.25, 0.3) is 0 Å². The van der Waals surface area contributed by atoms with Crippen molar-refractivity contribution in [1.29, 1.82) is 5.26 Å². The van der Waals surface area contributed by atoms with Crippen molar-refractivity contribution >= 4 is 11.9 Å². The smallest absolute Gasteiger partial charge is 0.301 e. The number of oxazole rings is 1. The van der Waals surface area contributed by atoms with E-state index in [1.54, 1.807) is 6.92 Å². The summed E-state index contributed by atoms with van der Waals surface area (Å²) < 4.78 is 10.2. The Kier molecular flexibility index (Phi) is 3.11. The molecular weight excluding hydrogens is 222 g/mol. The first-order valence-corrected chi connectivity index (χ1v) is 5.39. The Morgan fingerprint density at radius 3 is 2.82 bits per heavy atom. The van der Waals surface area contributed by atoms with Crippen LogP contribution in [0.4, 0.5) is 6.01 Å². The van der Waals surface area contributed by atoms with Crippen molar-refractivity contribution in [3.05, 3.63) is 12.0 Å². The van der Waals surface area contributed by atoms with Crippen LogP contribution in [0.5, 0.6) is 0 Å². The number of aryl methyl sites for hydroxylation is 1. The van der Waals surface area contributed by atoms with E-state index in [0.717, 1.165) is 0 Å². The monoisotopic (exact) mass is 235 g/mol. The van der Waals surface area contributed by atoms with Crippen LogP contribution >= 0.6 is 0 Å². The molecule has 90 valence electrons. The minimum atomic E-state index is -1.03. The highest BCUT2D eigenvalue weighted by Gasteiger charge is 2.41. The van der Waals surface area contributed by atoms with E-state index in [1.807, 2.05) is 0 Å². The van der Waals surface area contributed by atoms with Crippen molar-refractivity contribution in [2.45, 2.75) is 19.8 Å². The van der Waals surface area contributed by atoms with Crippen molar-refractivity contribution in [2.75, 3.05) is 18.5 Å². The SMILES string of the molecule is Cc1coc(NC(=O)C2(C#N)CCOCC2)n1. The maximum atomic E-state index is 12.0. The van der Waals surface area contributed by atoms with Gasteiger partial charge in [-0.3, -0.25) is 10.1 Å². The standard InChI is InChI=1S/C11H13N3O3/c1-8-6-17-10(13-8)14-9(15)11(7-12)2-4-16-5-3-11/h6H,2-5H2,1H3,(H,13,14,15). The van der Waals surface area contributed by atoms with E-state index < -0.39 is 5.41 Å². The van der Waals surface area contributed by atoms with Gasteiger partial charge in [0.15, 0.2) is 0 Å². The van der Waals surface area contributed by atoms with Crippen molar-refractivity contribution in [1.82, 2.24) is 4.98 Å². The molecule has 6 heteroatoms. The average molecular weight is 235 g/mol. The van der Waals surface area contributed by atoms with Crippen LogP contribution in [0.3, 0.4) is 0 Å². The second-order valence-electron chi connectivity index (χ2n) is 4.05. The maximum Gasteiger partial charge on any atom is 0.301 e. The molecule has 0 aliphatic carbocycles. The molecule has 0 bridgehead atoms. The van der Waals surface area contributed by atoms with Crippen LogP contribution in [0, 0.1) is 23.7 Å². The van der Waals surface area contributed by atoms with Gasteiger partial charge in [-0.15, -0.1) is 0 Å². The van der Waals surface area contributed by atoms with Gasteiger partial charge >= 0.3 is 6.01 Å². The summed E-state index contributed by atoms with van der Waals surface area (Å²) in [4.78, 5) is 16.0. The zero-order chi connectivity index (χ0) is 12.3. The average Bonchev–Trinajstić information content (AvgIpc) is 2.75. The van der Waals surface area contributed by atoms with E-state index in [2.05, 4.69) is 16.4 Å². The molecule has 2 rings (SSSR count). The molecule has 0 radical (unpaired) electrons. The molecule has 1 aliphatic heterocycles. The number of rotatable bonds is 2. The molecule has 0 unspecified atom stereocenters. The first-order chi connectivity index (χ1) is 8.16. The molecule has 1 aliphatic rings. The van der Waals surface area contributed by atoms with E-state index in [0.29, 0.717) is 31.7 Å². The van der Waals surface area contributed by atoms with E-state index in [1.165, 1.54) is 6.26 Å². The highest BCUT2D eigenvalue weighted by molar-refractivity contribution is 5.95. The number of carbonyl (C=O) groups is 1. The molecule has 1 amide bonds.